The van der Waals surface area contributed by atoms with E-state index in [0.717, 1.165) is 17.0 Å². The van der Waals surface area contributed by atoms with Gasteiger partial charge in [0.1, 0.15) is 5.52 Å². The Morgan fingerprint density at radius 3 is 2.58 bits per heavy atom. The third-order valence-corrected chi connectivity index (χ3v) is 3.50. The van der Waals surface area contributed by atoms with Crippen LogP contribution in [0.3, 0.4) is 0 Å². The van der Waals surface area contributed by atoms with Crippen LogP contribution in [0.25, 0.3) is 5.52 Å². The molecule has 1 aliphatic rings. The van der Waals surface area contributed by atoms with Gasteiger partial charge in [-0.2, -0.15) is 5.10 Å². The van der Waals surface area contributed by atoms with E-state index in [9.17, 15) is 5.11 Å². The van der Waals surface area contributed by atoms with Gasteiger partial charge < -0.3 is 10.0 Å². The zero-order chi connectivity index (χ0) is 13.8. The smallest absolute Gasteiger partial charge is 0.154 e. The SMILES string of the molecule is CC1(O)CN(c2nccn3nc(C(C)(C)C)cc23)C1. The van der Waals surface area contributed by atoms with Gasteiger partial charge in [-0.05, 0) is 13.0 Å². The highest BCUT2D eigenvalue weighted by Gasteiger charge is 2.38. The Bertz CT molecular complexity index is 616. The molecule has 3 heterocycles. The van der Waals surface area contributed by atoms with Crippen LogP contribution in [0.2, 0.25) is 0 Å². The summed E-state index contributed by atoms with van der Waals surface area (Å²) in [5.74, 6) is 0.900. The average molecular weight is 260 g/mol. The first-order valence-electron chi connectivity index (χ1n) is 6.58. The number of anilines is 1. The molecule has 1 aliphatic heterocycles. The first-order valence-corrected chi connectivity index (χ1v) is 6.58. The van der Waals surface area contributed by atoms with Gasteiger partial charge in [-0.15, -0.1) is 0 Å². The summed E-state index contributed by atoms with van der Waals surface area (Å²) in [4.78, 5) is 6.53. The van der Waals surface area contributed by atoms with Crippen LogP contribution in [0.5, 0.6) is 0 Å². The highest BCUT2D eigenvalue weighted by Crippen LogP contribution is 2.31. The number of hydrogen-bond acceptors (Lipinski definition) is 4. The van der Waals surface area contributed by atoms with Crippen molar-refractivity contribution in [1.82, 2.24) is 14.6 Å². The molecule has 0 saturated carbocycles. The summed E-state index contributed by atoms with van der Waals surface area (Å²) in [5, 5.41) is 14.5. The summed E-state index contributed by atoms with van der Waals surface area (Å²) in [6.07, 6.45) is 3.63. The third-order valence-electron chi connectivity index (χ3n) is 3.50. The Balaban J connectivity index is 2.04. The van der Waals surface area contributed by atoms with E-state index in [1.54, 1.807) is 6.20 Å². The molecule has 0 radical (unpaired) electrons. The van der Waals surface area contributed by atoms with Crippen LogP contribution in [-0.2, 0) is 5.41 Å². The first-order chi connectivity index (χ1) is 8.76. The minimum absolute atomic E-state index is 0.0176. The van der Waals surface area contributed by atoms with E-state index in [-0.39, 0.29) is 5.41 Å². The van der Waals surface area contributed by atoms with Crippen molar-refractivity contribution >= 4 is 11.3 Å². The second-order valence-electron chi connectivity index (χ2n) is 6.71. The molecule has 0 unspecified atom stereocenters. The molecule has 2 aromatic rings. The Morgan fingerprint density at radius 2 is 2.00 bits per heavy atom. The van der Waals surface area contributed by atoms with Crippen molar-refractivity contribution in [3.8, 4) is 0 Å². The van der Waals surface area contributed by atoms with E-state index in [0.29, 0.717) is 13.1 Å². The summed E-state index contributed by atoms with van der Waals surface area (Å²) < 4.78 is 1.87. The van der Waals surface area contributed by atoms with E-state index in [4.69, 9.17) is 0 Å². The molecule has 0 bridgehead atoms. The molecule has 2 aromatic heterocycles. The molecule has 0 amide bonds. The second-order valence-corrected chi connectivity index (χ2v) is 6.71. The van der Waals surface area contributed by atoms with Crippen molar-refractivity contribution in [3.05, 3.63) is 24.2 Å². The lowest BCUT2D eigenvalue weighted by Crippen LogP contribution is -2.60. The van der Waals surface area contributed by atoms with E-state index in [1.807, 2.05) is 17.6 Å². The Hall–Kier alpha value is -1.62. The molecule has 5 nitrogen and oxygen atoms in total. The lowest BCUT2D eigenvalue weighted by Gasteiger charge is -2.44. The predicted molar refractivity (Wildman–Crippen MR) is 74.5 cm³/mol. The maximum atomic E-state index is 9.86. The van der Waals surface area contributed by atoms with Crippen LogP contribution in [0.1, 0.15) is 33.4 Å². The quantitative estimate of drug-likeness (QED) is 0.846. The van der Waals surface area contributed by atoms with Crippen LogP contribution >= 0.6 is 0 Å². The average Bonchev–Trinajstić information content (AvgIpc) is 2.68. The largest absolute Gasteiger partial charge is 0.386 e. The molecule has 1 fully saturated rings. The minimum atomic E-state index is -0.596. The first kappa shape index (κ1) is 12.4. The van der Waals surface area contributed by atoms with Gasteiger partial charge in [-0.3, -0.25) is 0 Å². The van der Waals surface area contributed by atoms with Gasteiger partial charge in [-0.25, -0.2) is 9.50 Å². The normalized spacial score (nSPS) is 18.7. The second kappa shape index (κ2) is 3.70. The van der Waals surface area contributed by atoms with Gasteiger partial charge in [0.2, 0.25) is 0 Å². The van der Waals surface area contributed by atoms with Crippen molar-refractivity contribution in [1.29, 1.82) is 0 Å². The fourth-order valence-electron chi connectivity index (χ4n) is 2.44. The summed E-state index contributed by atoms with van der Waals surface area (Å²) in [5.41, 5.74) is 1.47. The van der Waals surface area contributed by atoms with Gasteiger partial charge in [0.05, 0.1) is 11.3 Å². The highest BCUT2D eigenvalue weighted by atomic mass is 16.3. The van der Waals surface area contributed by atoms with Gasteiger partial charge in [0.15, 0.2) is 5.82 Å². The lowest BCUT2D eigenvalue weighted by molar-refractivity contribution is 0.0307. The molecule has 1 saturated heterocycles. The molecule has 19 heavy (non-hydrogen) atoms. The van der Waals surface area contributed by atoms with Crippen molar-refractivity contribution in [2.75, 3.05) is 18.0 Å². The molecule has 0 aliphatic carbocycles. The Labute approximate surface area is 112 Å². The number of nitrogens with zero attached hydrogens (tertiary/aromatic N) is 4. The Kier molecular flexibility index (Phi) is 2.41. The highest BCUT2D eigenvalue weighted by molar-refractivity contribution is 5.70. The fraction of sp³-hybridized carbons (Fsp3) is 0.571. The molecular formula is C14H20N4O. The summed E-state index contributed by atoms with van der Waals surface area (Å²) >= 11 is 0. The number of hydrogen-bond donors (Lipinski definition) is 1. The minimum Gasteiger partial charge on any atom is -0.386 e. The van der Waals surface area contributed by atoms with E-state index in [2.05, 4.69) is 41.8 Å². The van der Waals surface area contributed by atoms with Gasteiger partial charge in [0, 0.05) is 30.9 Å². The molecule has 0 aromatic carbocycles. The summed E-state index contributed by atoms with van der Waals surface area (Å²) in [6, 6.07) is 2.09. The van der Waals surface area contributed by atoms with Gasteiger partial charge >= 0.3 is 0 Å². The molecule has 102 valence electrons. The number of aromatic nitrogens is 3. The lowest BCUT2D eigenvalue weighted by atomic mass is 9.92. The number of fused-ring (bicyclic) bond motifs is 1. The monoisotopic (exact) mass is 260 g/mol. The van der Waals surface area contributed by atoms with Crippen molar-refractivity contribution in [3.63, 3.8) is 0 Å². The topological polar surface area (TPSA) is 53.7 Å². The van der Waals surface area contributed by atoms with Crippen LogP contribution < -0.4 is 4.90 Å². The maximum Gasteiger partial charge on any atom is 0.154 e. The van der Waals surface area contributed by atoms with Crippen molar-refractivity contribution < 1.29 is 5.11 Å². The number of rotatable bonds is 1. The zero-order valence-corrected chi connectivity index (χ0v) is 11.9. The molecule has 1 N–H and O–H groups in total. The maximum absolute atomic E-state index is 9.86. The summed E-state index contributed by atoms with van der Waals surface area (Å²) in [7, 11) is 0. The van der Waals surface area contributed by atoms with E-state index >= 15 is 0 Å². The van der Waals surface area contributed by atoms with Crippen LogP contribution in [0.4, 0.5) is 5.82 Å². The number of aliphatic hydroxyl groups is 1. The van der Waals surface area contributed by atoms with Crippen LogP contribution in [0.15, 0.2) is 18.5 Å². The van der Waals surface area contributed by atoms with E-state index < -0.39 is 5.60 Å². The predicted octanol–water partition coefficient (Wildman–Crippen LogP) is 1.60. The Morgan fingerprint density at radius 1 is 1.32 bits per heavy atom. The fourth-order valence-corrected chi connectivity index (χ4v) is 2.44. The van der Waals surface area contributed by atoms with Gasteiger partial charge in [0.25, 0.3) is 0 Å². The van der Waals surface area contributed by atoms with Crippen molar-refractivity contribution in [2.45, 2.75) is 38.7 Å². The van der Waals surface area contributed by atoms with Crippen LogP contribution in [-0.4, -0.2) is 38.4 Å². The third kappa shape index (κ3) is 2.08. The van der Waals surface area contributed by atoms with Crippen molar-refractivity contribution in [2.24, 2.45) is 0 Å². The summed E-state index contributed by atoms with van der Waals surface area (Å²) in [6.45, 7) is 9.54. The standard InChI is InChI=1S/C14H20N4O/c1-13(2,3)11-7-10-12(15-5-6-18(10)16-11)17-8-14(4,19)9-17/h5-7,19H,8-9H2,1-4H3. The molecule has 0 atom stereocenters. The molecule has 5 heteroatoms. The number of β-amino-alcohol motifs (C(OH)–C–C–N with tert-alkyl or cyclic N) is 1. The zero-order valence-electron chi connectivity index (χ0n) is 11.9. The van der Waals surface area contributed by atoms with Gasteiger partial charge in [-0.1, -0.05) is 20.8 Å². The van der Waals surface area contributed by atoms with Crippen LogP contribution in [0, 0.1) is 0 Å². The molecule has 0 spiro atoms. The van der Waals surface area contributed by atoms with E-state index in [1.165, 1.54) is 0 Å². The molecular weight excluding hydrogens is 240 g/mol. The molecule has 3 rings (SSSR count).